The molecule has 3 heterocycles. The summed E-state index contributed by atoms with van der Waals surface area (Å²) < 4.78 is 55.5. The number of anilines is 2. The smallest absolute Gasteiger partial charge is 0.352 e. The molecule has 13 heteroatoms. The molecular weight excluding hydrogens is 548 g/mol. The van der Waals surface area contributed by atoms with Crippen LogP contribution in [-0.2, 0) is 17.4 Å². The maximum absolute atomic E-state index is 14.7. The fourth-order valence-corrected chi connectivity index (χ4v) is 5.33. The topological polar surface area (TPSA) is 102 Å². The van der Waals surface area contributed by atoms with Gasteiger partial charge in [-0.2, -0.15) is 18.4 Å². The molecule has 2 aromatic heterocycles. The second-order valence-electron chi connectivity index (χ2n) is 9.33. The number of nitrogens with one attached hydrogen (secondary N) is 1. The number of nitrogens with zero attached hydrogens (tertiary/aromatic N) is 5. The van der Waals surface area contributed by atoms with Gasteiger partial charge in [0.25, 0.3) is 11.8 Å². The van der Waals surface area contributed by atoms with E-state index in [2.05, 4.69) is 15.3 Å². The van der Waals surface area contributed by atoms with Gasteiger partial charge < -0.3 is 10.2 Å². The van der Waals surface area contributed by atoms with Gasteiger partial charge in [-0.3, -0.25) is 19.5 Å². The van der Waals surface area contributed by atoms with Crippen LogP contribution >= 0.6 is 12.2 Å². The number of benzene rings is 1. The van der Waals surface area contributed by atoms with Crippen LogP contribution < -0.4 is 15.1 Å². The van der Waals surface area contributed by atoms with E-state index in [1.165, 1.54) is 23.1 Å². The molecule has 2 fully saturated rings. The lowest BCUT2D eigenvalue weighted by atomic mass is 9.75. The number of halogens is 4. The van der Waals surface area contributed by atoms with Crippen LogP contribution in [0.15, 0.2) is 54.9 Å². The van der Waals surface area contributed by atoms with E-state index < -0.39 is 40.6 Å². The molecule has 0 atom stereocenters. The summed E-state index contributed by atoms with van der Waals surface area (Å²) in [6, 6.07) is 11.2. The van der Waals surface area contributed by atoms with Gasteiger partial charge in [0.15, 0.2) is 10.8 Å². The molecule has 0 bridgehead atoms. The number of hydrogen-bond acceptors (Lipinski definition) is 6. The minimum atomic E-state index is -4.89. The monoisotopic (exact) mass is 568 g/mol. The highest BCUT2D eigenvalue weighted by molar-refractivity contribution is 7.81. The molecule has 0 radical (unpaired) electrons. The largest absolute Gasteiger partial charge is 0.419 e. The van der Waals surface area contributed by atoms with Crippen molar-refractivity contribution in [1.29, 1.82) is 5.26 Å². The fraction of sp³-hybridized carbons (Fsp3) is 0.259. The predicted molar refractivity (Wildman–Crippen MR) is 140 cm³/mol. The summed E-state index contributed by atoms with van der Waals surface area (Å²) in [6.45, 7) is 0.199. The number of aromatic nitrogens is 2. The highest BCUT2D eigenvalue weighted by atomic mass is 32.1. The van der Waals surface area contributed by atoms with Gasteiger partial charge in [0.05, 0.1) is 23.0 Å². The van der Waals surface area contributed by atoms with Crippen molar-refractivity contribution in [3.05, 3.63) is 83.2 Å². The molecule has 1 saturated carbocycles. The quantitative estimate of drug-likeness (QED) is 0.344. The van der Waals surface area contributed by atoms with Crippen LogP contribution in [0.25, 0.3) is 0 Å². The number of nitriles is 1. The van der Waals surface area contributed by atoms with E-state index in [-0.39, 0.29) is 28.6 Å². The van der Waals surface area contributed by atoms with E-state index in [4.69, 9.17) is 17.5 Å². The maximum Gasteiger partial charge on any atom is 0.419 e. The summed E-state index contributed by atoms with van der Waals surface area (Å²) in [4.78, 5) is 36.7. The molecule has 0 unspecified atom stereocenters. The SMILES string of the molecule is N#Cc1ncc(N2C(=O)C3(CCC3)N(c3ccc(F)c(C(=O)NCCc4ccccn4)c3)C2=S)cc1C(F)(F)F. The first-order valence-electron chi connectivity index (χ1n) is 12.2. The highest BCUT2D eigenvalue weighted by Gasteiger charge is 2.60. The third-order valence-corrected chi connectivity index (χ3v) is 7.35. The zero-order valence-electron chi connectivity index (χ0n) is 20.7. The average molecular weight is 569 g/mol. The number of rotatable bonds is 6. The standard InChI is InChI=1S/C27H20F4N6O2S/c28-21-6-5-17(12-19(21)23(38)34-11-7-16-4-1-2-10-33-16)37-25(40)36(24(39)26(37)8-3-9-26)18-13-20(27(29,30)31)22(14-32)35-15-18/h1-2,4-6,10,12-13,15H,3,7-9,11H2,(H,34,38). The van der Waals surface area contributed by atoms with Crippen LogP contribution in [0.2, 0.25) is 0 Å². The number of thiocarbonyl (C=S) groups is 1. The second-order valence-corrected chi connectivity index (χ2v) is 9.70. The Morgan fingerprint density at radius 3 is 2.55 bits per heavy atom. The molecule has 1 spiro atoms. The lowest BCUT2D eigenvalue weighted by Gasteiger charge is -2.43. The van der Waals surface area contributed by atoms with Crippen molar-refractivity contribution in [3.8, 4) is 6.07 Å². The molecule has 2 amide bonds. The van der Waals surface area contributed by atoms with Crippen LogP contribution in [0, 0.1) is 17.1 Å². The van der Waals surface area contributed by atoms with Crippen molar-refractivity contribution >= 4 is 40.5 Å². The number of amides is 2. The van der Waals surface area contributed by atoms with Gasteiger partial charge in [-0.15, -0.1) is 0 Å². The lowest BCUT2D eigenvalue weighted by Crippen LogP contribution is -2.55. The van der Waals surface area contributed by atoms with E-state index in [1.807, 2.05) is 6.07 Å². The molecule has 1 aliphatic heterocycles. The summed E-state index contributed by atoms with van der Waals surface area (Å²) in [5.41, 5.74) is -2.86. The number of hydrogen-bond donors (Lipinski definition) is 1. The first-order valence-corrected chi connectivity index (χ1v) is 12.6. The number of pyridine rings is 2. The van der Waals surface area contributed by atoms with Crippen LogP contribution in [0.4, 0.5) is 28.9 Å². The van der Waals surface area contributed by atoms with Crippen molar-refractivity contribution in [1.82, 2.24) is 15.3 Å². The summed E-state index contributed by atoms with van der Waals surface area (Å²) >= 11 is 5.57. The molecule has 3 aromatic rings. The molecule has 2 aliphatic rings. The zero-order chi connectivity index (χ0) is 28.7. The van der Waals surface area contributed by atoms with Crippen molar-refractivity contribution in [2.45, 2.75) is 37.4 Å². The molecule has 1 saturated heterocycles. The van der Waals surface area contributed by atoms with Crippen molar-refractivity contribution in [2.24, 2.45) is 0 Å². The predicted octanol–water partition coefficient (Wildman–Crippen LogP) is 4.54. The van der Waals surface area contributed by atoms with Crippen molar-refractivity contribution in [2.75, 3.05) is 16.3 Å². The summed E-state index contributed by atoms with van der Waals surface area (Å²) in [5, 5.41) is 11.6. The summed E-state index contributed by atoms with van der Waals surface area (Å²) in [7, 11) is 0. The molecule has 40 heavy (non-hydrogen) atoms. The zero-order valence-corrected chi connectivity index (χ0v) is 21.5. The van der Waals surface area contributed by atoms with Gasteiger partial charge in [0, 0.05) is 30.5 Å². The van der Waals surface area contributed by atoms with E-state index >= 15 is 0 Å². The van der Waals surface area contributed by atoms with Crippen LogP contribution in [0.3, 0.4) is 0 Å². The van der Waals surface area contributed by atoms with E-state index in [0.29, 0.717) is 31.7 Å². The maximum atomic E-state index is 14.7. The molecule has 1 aliphatic carbocycles. The summed E-state index contributed by atoms with van der Waals surface area (Å²) in [5.74, 6) is -2.03. The first kappa shape index (κ1) is 27.1. The normalized spacial score (nSPS) is 16.2. The van der Waals surface area contributed by atoms with E-state index in [0.717, 1.165) is 22.9 Å². The number of carbonyl (C=O) groups is 2. The number of alkyl halides is 3. The average Bonchev–Trinajstić information content (AvgIpc) is 3.15. The molecule has 5 rings (SSSR count). The minimum Gasteiger partial charge on any atom is -0.352 e. The molecule has 1 aromatic carbocycles. The Kier molecular flexibility index (Phi) is 6.97. The molecular formula is C27H20F4N6O2S. The Morgan fingerprint density at radius 2 is 1.93 bits per heavy atom. The number of carbonyl (C=O) groups excluding carboxylic acids is 2. The van der Waals surface area contributed by atoms with Gasteiger partial charge in [-0.1, -0.05) is 6.07 Å². The Morgan fingerprint density at radius 1 is 1.15 bits per heavy atom. The first-order chi connectivity index (χ1) is 19.1. The Labute approximate surface area is 231 Å². The third-order valence-electron chi connectivity index (χ3n) is 6.98. The Hall–Kier alpha value is -4.44. The second kappa shape index (κ2) is 10.3. The molecule has 1 N–H and O–H groups in total. The van der Waals surface area contributed by atoms with Gasteiger partial charge in [0.1, 0.15) is 17.4 Å². The van der Waals surface area contributed by atoms with E-state index in [9.17, 15) is 27.2 Å². The highest BCUT2D eigenvalue weighted by Crippen LogP contribution is 2.48. The van der Waals surface area contributed by atoms with Gasteiger partial charge >= 0.3 is 6.18 Å². The van der Waals surface area contributed by atoms with Crippen molar-refractivity contribution in [3.63, 3.8) is 0 Å². The molecule has 8 nitrogen and oxygen atoms in total. The van der Waals surface area contributed by atoms with Gasteiger partial charge in [-0.25, -0.2) is 9.37 Å². The van der Waals surface area contributed by atoms with Crippen LogP contribution in [-0.4, -0.2) is 39.0 Å². The minimum absolute atomic E-state index is 0.141. The Bertz CT molecular complexity index is 1550. The van der Waals surface area contributed by atoms with Crippen LogP contribution in [0.1, 0.15) is 46.6 Å². The lowest BCUT2D eigenvalue weighted by molar-refractivity contribution is -0.138. The van der Waals surface area contributed by atoms with Crippen LogP contribution in [0.5, 0.6) is 0 Å². The fourth-order valence-electron chi connectivity index (χ4n) is 4.86. The summed E-state index contributed by atoms with van der Waals surface area (Å²) in [6.07, 6.45) is -0.503. The molecule has 204 valence electrons. The van der Waals surface area contributed by atoms with E-state index in [1.54, 1.807) is 18.3 Å². The third kappa shape index (κ3) is 4.64. The van der Waals surface area contributed by atoms with Gasteiger partial charge in [-0.05, 0) is 67.9 Å². The Balaban J connectivity index is 1.45. The van der Waals surface area contributed by atoms with Crippen molar-refractivity contribution < 1.29 is 27.2 Å². The van der Waals surface area contributed by atoms with Gasteiger partial charge in [0.2, 0.25) is 0 Å².